The van der Waals surface area contributed by atoms with Crippen molar-refractivity contribution in [3.8, 4) is 0 Å². The third-order valence-electron chi connectivity index (χ3n) is 14.7. The molecule has 0 aliphatic heterocycles. The zero-order valence-electron chi connectivity index (χ0n) is 50.7. The predicted molar refractivity (Wildman–Crippen MR) is 330 cm³/mol. The Kier molecular flexibility index (Phi) is 61.5. The van der Waals surface area contributed by atoms with Crippen molar-refractivity contribution in [3.63, 3.8) is 0 Å². The minimum atomic E-state index is -4.40. The van der Waals surface area contributed by atoms with Crippen LogP contribution in [0.2, 0.25) is 0 Å². The molecule has 0 spiro atoms. The van der Waals surface area contributed by atoms with Crippen LogP contribution in [0.1, 0.15) is 335 Å². The molecule has 0 radical (unpaired) electrons. The van der Waals surface area contributed by atoms with Gasteiger partial charge in [-0.2, -0.15) is 0 Å². The number of carbonyl (C=O) groups excluding carboxylic acids is 2. The van der Waals surface area contributed by atoms with E-state index in [1.807, 2.05) is 0 Å². The first-order valence-electron chi connectivity index (χ1n) is 33.1. The molecule has 0 aromatic carbocycles. The third kappa shape index (κ3) is 63.0. The summed E-state index contributed by atoms with van der Waals surface area (Å²) in [5, 5.41) is 0. The molecule has 0 fully saturated rings. The minimum absolute atomic E-state index is 0.0463. The second-order valence-electron chi connectivity index (χ2n) is 22.3. The van der Waals surface area contributed by atoms with Crippen LogP contribution in [0, 0.1) is 0 Å². The Bertz CT molecular complexity index is 1400. The van der Waals surface area contributed by atoms with Crippen LogP contribution in [0.5, 0.6) is 0 Å². The first kappa shape index (κ1) is 75.0. The van der Waals surface area contributed by atoms with Gasteiger partial charge in [-0.25, -0.2) is 4.57 Å². The Morgan fingerprint density at radius 1 is 0.403 bits per heavy atom. The quantitative estimate of drug-likeness (QED) is 0.0264. The van der Waals surface area contributed by atoms with E-state index in [0.29, 0.717) is 6.42 Å². The highest BCUT2D eigenvalue weighted by Gasteiger charge is 2.26. The van der Waals surface area contributed by atoms with Gasteiger partial charge in [-0.1, -0.05) is 319 Å². The van der Waals surface area contributed by atoms with E-state index in [4.69, 9.17) is 24.3 Å². The summed E-state index contributed by atoms with van der Waals surface area (Å²) < 4.78 is 33.0. The highest BCUT2D eigenvalue weighted by molar-refractivity contribution is 7.47. The van der Waals surface area contributed by atoms with Gasteiger partial charge in [0.05, 0.1) is 13.2 Å². The predicted octanol–water partition coefficient (Wildman–Crippen LogP) is 21.3. The number of ether oxygens (including phenoxy) is 2. The fraction of sp³-hybridized carbons (Fsp3) is 0.851. The van der Waals surface area contributed by atoms with Crippen LogP contribution < -0.4 is 5.73 Å². The number of hydrogen-bond donors (Lipinski definition) is 2. The number of phosphoric acid groups is 1. The van der Waals surface area contributed by atoms with E-state index in [2.05, 4.69) is 62.5 Å². The van der Waals surface area contributed by atoms with Crippen molar-refractivity contribution >= 4 is 19.8 Å². The summed E-state index contributed by atoms with van der Waals surface area (Å²) in [4.78, 5) is 35.1. The molecule has 0 aliphatic carbocycles. The average molecular weight is 1100 g/mol. The van der Waals surface area contributed by atoms with E-state index >= 15 is 0 Å². The van der Waals surface area contributed by atoms with Gasteiger partial charge in [0.2, 0.25) is 0 Å². The van der Waals surface area contributed by atoms with Crippen molar-refractivity contribution < 1.29 is 37.6 Å². The standard InChI is InChI=1S/C67H126NO8P/c1-3-5-7-9-11-13-15-17-19-20-21-22-23-24-25-26-27-28-29-30-31-32-33-34-35-36-37-38-39-40-41-42-43-44-46-47-49-51-53-55-57-59-66(69)73-63-65(64-75-77(71,72)74-62-61-68)76-67(70)60-58-56-54-52-50-48-45-18-16-14-12-10-8-6-4-2/h6,8,12,14,18,45,50,52,65H,3-5,7,9-11,13,15-17,19-44,46-49,51,53-64,68H2,1-2H3,(H,71,72)/b8-6-,14-12-,45-18-,52-50-. The summed E-state index contributed by atoms with van der Waals surface area (Å²) in [5.74, 6) is -0.866. The Balaban J connectivity index is 3.70. The highest BCUT2D eigenvalue weighted by atomic mass is 31.2. The van der Waals surface area contributed by atoms with Gasteiger partial charge >= 0.3 is 19.8 Å². The summed E-state index contributed by atoms with van der Waals surface area (Å²) in [6.07, 6.45) is 79.7. The second kappa shape index (κ2) is 63.2. The summed E-state index contributed by atoms with van der Waals surface area (Å²) in [5.41, 5.74) is 5.38. The van der Waals surface area contributed by atoms with Gasteiger partial charge in [-0.15, -0.1) is 0 Å². The Morgan fingerprint density at radius 2 is 0.714 bits per heavy atom. The lowest BCUT2D eigenvalue weighted by Gasteiger charge is -2.19. The molecule has 3 N–H and O–H groups in total. The number of nitrogens with two attached hydrogens (primary N) is 1. The lowest BCUT2D eigenvalue weighted by molar-refractivity contribution is -0.161. The molecule has 0 heterocycles. The summed E-state index contributed by atoms with van der Waals surface area (Å²) >= 11 is 0. The normalized spacial score (nSPS) is 13.2. The average Bonchev–Trinajstić information content (AvgIpc) is 3.42. The Hall–Kier alpha value is -2.03. The minimum Gasteiger partial charge on any atom is -0.462 e. The number of esters is 2. The van der Waals surface area contributed by atoms with Crippen molar-refractivity contribution in [2.24, 2.45) is 5.73 Å². The summed E-state index contributed by atoms with van der Waals surface area (Å²) in [6.45, 7) is 3.62. The van der Waals surface area contributed by atoms with Crippen LogP contribution in [-0.4, -0.2) is 49.3 Å². The van der Waals surface area contributed by atoms with Gasteiger partial charge in [0, 0.05) is 19.4 Å². The molecule has 9 nitrogen and oxygen atoms in total. The molecule has 0 bridgehead atoms. The number of hydrogen-bond acceptors (Lipinski definition) is 8. The number of allylic oxidation sites excluding steroid dienone is 8. The van der Waals surface area contributed by atoms with Gasteiger partial charge in [-0.05, 0) is 51.4 Å². The second-order valence-corrected chi connectivity index (χ2v) is 23.8. The maximum absolute atomic E-state index is 12.6. The maximum Gasteiger partial charge on any atom is 0.472 e. The number of carbonyl (C=O) groups is 2. The summed E-state index contributed by atoms with van der Waals surface area (Å²) in [6, 6.07) is 0. The molecule has 0 saturated carbocycles. The van der Waals surface area contributed by atoms with Crippen molar-refractivity contribution in [1.82, 2.24) is 0 Å². The number of unbranched alkanes of at least 4 members (excludes halogenated alkanes) is 42. The number of rotatable bonds is 63. The van der Waals surface area contributed by atoms with Crippen LogP contribution in [0.4, 0.5) is 0 Å². The van der Waals surface area contributed by atoms with E-state index in [1.165, 1.54) is 244 Å². The topological polar surface area (TPSA) is 134 Å². The zero-order chi connectivity index (χ0) is 55.9. The van der Waals surface area contributed by atoms with Crippen molar-refractivity contribution in [1.29, 1.82) is 0 Å². The van der Waals surface area contributed by atoms with Crippen molar-refractivity contribution in [2.75, 3.05) is 26.4 Å². The summed E-state index contributed by atoms with van der Waals surface area (Å²) in [7, 11) is -4.40. The van der Waals surface area contributed by atoms with Gasteiger partial charge in [0.1, 0.15) is 6.61 Å². The van der Waals surface area contributed by atoms with Crippen LogP contribution in [0.25, 0.3) is 0 Å². The van der Waals surface area contributed by atoms with Gasteiger partial charge in [0.15, 0.2) is 6.10 Å². The smallest absolute Gasteiger partial charge is 0.462 e. The van der Waals surface area contributed by atoms with E-state index in [9.17, 15) is 19.0 Å². The lowest BCUT2D eigenvalue weighted by atomic mass is 10.0. The fourth-order valence-corrected chi connectivity index (χ4v) is 10.6. The van der Waals surface area contributed by atoms with E-state index in [-0.39, 0.29) is 38.6 Å². The zero-order valence-corrected chi connectivity index (χ0v) is 51.6. The van der Waals surface area contributed by atoms with E-state index in [0.717, 1.165) is 57.8 Å². The highest BCUT2D eigenvalue weighted by Crippen LogP contribution is 2.43. The van der Waals surface area contributed by atoms with E-state index in [1.54, 1.807) is 0 Å². The molecule has 10 heteroatoms. The SMILES string of the molecule is CC/C=C\C/C=C\C/C=C\C/C=C\CCCCC(=O)OC(COC(=O)CCCCCCCCCCCCCCCCCCCCCCCCCCCCCCCCCCCCCCCCCCC)COP(=O)(O)OCCN. The molecule has 77 heavy (non-hydrogen) atoms. The molecular weight excluding hydrogens is 978 g/mol. The van der Waals surface area contributed by atoms with Crippen molar-refractivity contribution in [3.05, 3.63) is 48.6 Å². The molecular formula is C67H126NO8P. The first-order chi connectivity index (χ1) is 37.8. The van der Waals surface area contributed by atoms with Crippen molar-refractivity contribution in [2.45, 2.75) is 341 Å². The monoisotopic (exact) mass is 1100 g/mol. The fourth-order valence-electron chi connectivity index (χ4n) is 9.87. The maximum atomic E-state index is 12.6. The molecule has 0 amide bonds. The molecule has 0 aromatic heterocycles. The molecule has 0 aliphatic rings. The molecule has 2 unspecified atom stereocenters. The molecule has 2 atom stereocenters. The van der Waals surface area contributed by atoms with Gasteiger partial charge in [-0.3, -0.25) is 18.6 Å². The molecule has 0 aromatic rings. The van der Waals surface area contributed by atoms with Gasteiger partial charge in [0.25, 0.3) is 0 Å². The lowest BCUT2D eigenvalue weighted by Crippen LogP contribution is -2.29. The Labute approximate surface area is 477 Å². The van der Waals surface area contributed by atoms with E-state index < -0.39 is 26.5 Å². The van der Waals surface area contributed by atoms with Crippen LogP contribution in [0.15, 0.2) is 48.6 Å². The largest absolute Gasteiger partial charge is 0.472 e. The number of phosphoric ester groups is 1. The molecule has 0 rings (SSSR count). The van der Waals surface area contributed by atoms with Crippen LogP contribution in [-0.2, 0) is 32.7 Å². The Morgan fingerprint density at radius 3 is 1.06 bits per heavy atom. The van der Waals surface area contributed by atoms with Crippen LogP contribution in [0.3, 0.4) is 0 Å². The van der Waals surface area contributed by atoms with Crippen LogP contribution >= 0.6 is 7.82 Å². The molecule has 0 saturated heterocycles. The first-order valence-corrected chi connectivity index (χ1v) is 34.6. The van der Waals surface area contributed by atoms with Gasteiger partial charge < -0.3 is 20.1 Å². The molecule has 452 valence electrons. The third-order valence-corrected chi connectivity index (χ3v) is 15.7.